The molecule has 3 rings (SSSR count). The summed E-state index contributed by atoms with van der Waals surface area (Å²) < 4.78 is 3.29. The van der Waals surface area contributed by atoms with Gasteiger partial charge in [-0.05, 0) is 54.0 Å². The number of halogens is 3. The number of rotatable bonds is 10. The maximum Gasteiger partial charge on any atom is 0.338 e. The van der Waals surface area contributed by atoms with Crippen molar-refractivity contribution >= 4 is 69.7 Å². The Morgan fingerprint density at radius 1 is 0.868 bits per heavy atom. The second kappa shape index (κ2) is 14.4. The highest BCUT2D eigenvalue weighted by Crippen LogP contribution is 2.31. The normalized spacial score (nSPS) is 11.9. The average Bonchev–Trinajstić information content (AvgIpc) is 2.89. The van der Waals surface area contributed by atoms with Gasteiger partial charge in [0.25, 0.3) is 0 Å². The van der Waals surface area contributed by atoms with Crippen LogP contribution in [0.3, 0.4) is 0 Å². The Hall–Kier alpha value is -2.84. The second-order valence-electron chi connectivity index (χ2n) is 8.40. The van der Waals surface area contributed by atoms with Crippen LogP contribution in [0.5, 0.6) is 0 Å². The Morgan fingerprint density at radius 3 is 1.92 bits per heavy atom. The highest BCUT2D eigenvalue weighted by Gasteiger charge is 2.36. The lowest BCUT2D eigenvalue weighted by Gasteiger charge is -2.29. The van der Waals surface area contributed by atoms with Gasteiger partial charge in [-0.1, -0.05) is 109 Å². The summed E-state index contributed by atoms with van der Waals surface area (Å²) in [5.74, 6) is -1.41. The first kappa shape index (κ1) is 29.7. The lowest BCUT2D eigenvalue weighted by molar-refractivity contribution is -0.122. The van der Waals surface area contributed by atoms with Crippen molar-refractivity contribution in [3.8, 4) is 0 Å². The zero-order valence-corrected chi connectivity index (χ0v) is 23.7. The number of anilines is 1. The molecular weight excluding hydrogens is 565 g/mol. The van der Waals surface area contributed by atoms with Crippen molar-refractivity contribution in [2.75, 3.05) is 11.9 Å². The number of hydrogen-bond donors (Lipinski definition) is 3. The van der Waals surface area contributed by atoms with E-state index in [0.29, 0.717) is 17.9 Å². The number of esters is 1. The molecule has 0 spiro atoms. The molecule has 0 saturated carbocycles. The quantitative estimate of drug-likeness (QED) is 0.0812. The number of carbonyl (C=O) groups excluding carboxylic acids is 2. The molecule has 0 aromatic heterocycles. The molecule has 0 aliphatic rings. The minimum absolute atomic E-state index is 0.107. The summed E-state index contributed by atoms with van der Waals surface area (Å²) in [5.41, 5.74) is 2.58. The van der Waals surface area contributed by atoms with E-state index in [4.69, 9.17) is 51.8 Å². The molecule has 1 amide bonds. The smallest absolute Gasteiger partial charge is 0.338 e. The van der Waals surface area contributed by atoms with Gasteiger partial charge in [-0.3, -0.25) is 4.79 Å². The number of thiocarbonyl (C=S) groups is 1. The highest BCUT2D eigenvalue weighted by atomic mass is 35.6. The van der Waals surface area contributed by atoms with Crippen molar-refractivity contribution in [3.63, 3.8) is 0 Å². The number of unbranched alkanes of at least 4 members (excludes halogenated alkanes) is 1. The SMILES string of the molecule is CCCCOC(=O)c1ccc(NC(=S)NC(NC(=O)C(c2ccccc2)c2ccccc2)C(Cl)(Cl)Cl)cc1. The Balaban J connectivity index is 1.69. The molecule has 0 bridgehead atoms. The predicted octanol–water partition coefficient (Wildman–Crippen LogP) is 6.57. The van der Waals surface area contributed by atoms with Crippen molar-refractivity contribution < 1.29 is 14.3 Å². The minimum Gasteiger partial charge on any atom is -0.462 e. The summed E-state index contributed by atoms with van der Waals surface area (Å²) in [7, 11) is 0. The topological polar surface area (TPSA) is 79.5 Å². The molecule has 0 aliphatic carbocycles. The molecule has 3 N–H and O–H groups in total. The second-order valence-corrected chi connectivity index (χ2v) is 11.2. The van der Waals surface area contributed by atoms with Crippen molar-refractivity contribution in [2.24, 2.45) is 0 Å². The maximum atomic E-state index is 13.5. The third kappa shape index (κ3) is 8.88. The first-order valence-electron chi connectivity index (χ1n) is 12.0. The molecule has 1 unspecified atom stereocenters. The van der Waals surface area contributed by atoms with Gasteiger partial charge >= 0.3 is 5.97 Å². The Labute approximate surface area is 243 Å². The molecule has 0 heterocycles. The summed E-state index contributed by atoms with van der Waals surface area (Å²) in [6.45, 7) is 2.40. The Kier molecular flexibility index (Phi) is 11.2. The van der Waals surface area contributed by atoms with Crippen LogP contribution in [0.1, 0.15) is 47.2 Å². The lowest BCUT2D eigenvalue weighted by Crippen LogP contribution is -2.57. The molecule has 0 radical (unpaired) electrons. The van der Waals surface area contributed by atoms with Crippen LogP contribution in [0.25, 0.3) is 0 Å². The lowest BCUT2D eigenvalue weighted by atomic mass is 9.90. The van der Waals surface area contributed by atoms with Crippen LogP contribution in [0.2, 0.25) is 0 Å². The fraction of sp³-hybridized carbons (Fsp3) is 0.250. The molecule has 38 heavy (non-hydrogen) atoms. The van der Waals surface area contributed by atoms with Gasteiger partial charge in [0.05, 0.1) is 18.1 Å². The van der Waals surface area contributed by atoms with E-state index >= 15 is 0 Å². The average molecular weight is 593 g/mol. The molecule has 3 aromatic rings. The molecule has 10 heteroatoms. The highest BCUT2D eigenvalue weighted by molar-refractivity contribution is 7.80. The predicted molar refractivity (Wildman–Crippen MR) is 158 cm³/mol. The monoisotopic (exact) mass is 591 g/mol. The van der Waals surface area contributed by atoms with E-state index in [1.807, 2.05) is 67.6 Å². The van der Waals surface area contributed by atoms with Gasteiger partial charge < -0.3 is 20.7 Å². The summed E-state index contributed by atoms with van der Waals surface area (Å²) in [4.78, 5) is 25.6. The number of nitrogens with one attached hydrogen (secondary N) is 3. The zero-order chi connectivity index (χ0) is 27.5. The van der Waals surface area contributed by atoms with Gasteiger partial charge in [0, 0.05) is 5.69 Å². The van der Waals surface area contributed by atoms with Gasteiger partial charge in [0.1, 0.15) is 6.17 Å². The largest absolute Gasteiger partial charge is 0.462 e. The zero-order valence-electron chi connectivity index (χ0n) is 20.6. The van der Waals surface area contributed by atoms with Crippen LogP contribution in [-0.4, -0.2) is 33.6 Å². The fourth-order valence-electron chi connectivity index (χ4n) is 3.59. The van der Waals surface area contributed by atoms with E-state index in [9.17, 15) is 9.59 Å². The van der Waals surface area contributed by atoms with Crippen LogP contribution in [-0.2, 0) is 9.53 Å². The Bertz CT molecular complexity index is 1170. The molecule has 3 aromatic carbocycles. The molecule has 0 aliphatic heterocycles. The summed E-state index contributed by atoms with van der Waals surface area (Å²) in [6, 6.07) is 25.2. The minimum atomic E-state index is -1.93. The van der Waals surface area contributed by atoms with Gasteiger partial charge in [0.15, 0.2) is 5.11 Å². The van der Waals surface area contributed by atoms with E-state index < -0.39 is 21.8 Å². The van der Waals surface area contributed by atoms with Crippen LogP contribution in [0.4, 0.5) is 5.69 Å². The van der Waals surface area contributed by atoms with Crippen LogP contribution in [0, 0.1) is 0 Å². The number of hydrogen-bond acceptors (Lipinski definition) is 4. The standard InChI is InChI=1S/C28H28Cl3N3O3S/c1-2-3-18-37-25(36)21-14-16-22(17-15-21)32-27(38)34-26(28(29,30)31)33-24(35)23(19-10-6-4-7-11-19)20-12-8-5-9-13-20/h4-17,23,26H,2-3,18H2,1H3,(H,33,35)(H2,32,34,38). The third-order valence-electron chi connectivity index (χ3n) is 5.53. The van der Waals surface area contributed by atoms with Gasteiger partial charge in [0.2, 0.25) is 9.70 Å². The number of carbonyl (C=O) groups is 2. The number of ether oxygens (including phenoxy) is 1. The third-order valence-corrected chi connectivity index (χ3v) is 6.40. The molecule has 6 nitrogen and oxygen atoms in total. The molecule has 0 saturated heterocycles. The van der Waals surface area contributed by atoms with E-state index in [-0.39, 0.29) is 11.0 Å². The number of alkyl halides is 3. The maximum absolute atomic E-state index is 13.5. The van der Waals surface area contributed by atoms with E-state index in [0.717, 1.165) is 24.0 Å². The molecule has 200 valence electrons. The summed E-state index contributed by atoms with van der Waals surface area (Å²) >= 11 is 24.0. The van der Waals surface area contributed by atoms with E-state index in [1.165, 1.54) is 0 Å². The van der Waals surface area contributed by atoms with Gasteiger partial charge in [-0.25, -0.2) is 4.79 Å². The summed E-state index contributed by atoms with van der Waals surface area (Å²) in [5, 5.41) is 8.73. The summed E-state index contributed by atoms with van der Waals surface area (Å²) in [6.07, 6.45) is 0.599. The van der Waals surface area contributed by atoms with Crippen molar-refractivity contribution in [1.29, 1.82) is 0 Å². The van der Waals surface area contributed by atoms with E-state index in [1.54, 1.807) is 24.3 Å². The van der Waals surface area contributed by atoms with Crippen LogP contribution in [0.15, 0.2) is 84.9 Å². The first-order valence-corrected chi connectivity index (χ1v) is 13.5. The molecule has 0 fully saturated rings. The van der Waals surface area contributed by atoms with Gasteiger partial charge in [-0.2, -0.15) is 0 Å². The fourth-order valence-corrected chi connectivity index (χ4v) is 4.16. The van der Waals surface area contributed by atoms with Crippen molar-refractivity contribution in [2.45, 2.75) is 35.6 Å². The molecular formula is C28H28Cl3N3O3S. The van der Waals surface area contributed by atoms with Crippen LogP contribution >= 0.6 is 47.0 Å². The van der Waals surface area contributed by atoms with Crippen molar-refractivity contribution in [3.05, 3.63) is 102 Å². The van der Waals surface area contributed by atoms with Crippen LogP contribution < -0.4 is 16.0 Å². The molecule has 1 atom stereocenters. The number of benzene rings is 3. The van der Waals surface area contributed by atoms with E-state index in [2.05, 4.69) is 16.0 Å². The van der Waals surface area contributed by atoms with Gasteiger partial charge in [-0.15, -0.1) is 0 Å². The number of amides is 1. The Morgan fingerprint density at radius 2 is 1.42 bits per heavy atom. The van der Waals surface area contributed by atoms with Crippen molar-refractivity contribution in [1.82, 2.24) is 10.6 Å². The first-order chi connectivity index (χ1) is 18.2.